The summed E-state index contributed by atoms with van der Waals surface area (Å²) in [5, 5.41) is 23.6. The molecule has 0 saturated heterocycles. The van der Waals surface area contributed by atoms with Crippen LogP contribution in [0.2, 0.25) is 0 Å². The van der Waals surface area contributed by atoms with Crippen molar-refractivity contribution in [3.05, 3.63) is 80.8 Å². The second kappa shape index (κ2) is 8.84. The molecule has 2 aromatic carbocycles. The molecule has 3 rings (SSSR count). The van der Waals surface area contributed by atoms with Crippen LogP contribution in [0.15, 0.2) is 57.4 Å². The number of non-ortho nitro benzene ring substituents is 1. The van der Waals surface area contributed by atoms with E-state index in [2.05, 4.69) is 15.0 Å². The van der Waals surface area contributed by atoms with E-state index in [0.29, 0.717) is 16.3 Å². The molecule has 31 heavy (non-hydrogen) atoms. The summed E-state index contributed by atoms with van der Waals surface area (Å²) >= 11 is 1.08. The first-order valence-corrected chi connectivity index (χ1v) is 10.0. The van der Waals surface area contributed by atoms with E-state index in [4.69, 9.17) is 0 Å². The third-order valence-electron chi connectivity index (χ3n) is 4.46. The number of aliphatic imine (C=N–C) groups is 1. The molecule has 0 bridgehead atoms. The molecule has 7 nitrogen and oxygen atoms in total. The minimum absolute atomic E-state index is 0.00252. The van der Waals surface area contributed by atoms with Crippen LogP contribution < -0.4 is 5.11 Å². The summed E-state index contributed by atoms with van der Waals surface area (Å²) in [4.78, 5) is 21.4. The molecule has 0 saturated carbocycles. The van der Waals surface area contributed by atoms with Gasteiger partial charge in [0.15, 0.2) is 0 Å². The molecule has 0 spiro atoms. The zero-order chi connectivity index (χ0) is 22.8. The highest BCUT2D eigenvalue weighted by molar-refractivity contribution is 7.99. The lowest BCUT2D eigenvalue weighted by atomic mass is 10.0. The smallest absolute Gasteiger partial charge is 0.292 e. The topological polar surface area (TPSA) is 107 Å². The summed E-state index contributed by atoms with van der Waals surface area (Å²) in [7, 11) is 0. The monoisotopic (exact) mass is 445 g/mol. The number of aromatic amines is 1. The Kier molecular flexibility index (Phi) is 6.40. The summed E-state index contributed by atoms with van der Waals surface area (Å²) < 4.78 is 29.3. The molecule has 0 amide bonds. The van der Waals surface area contributed by atoms with Crippen molar-refractivity contribution in [2.75, 3.05) is 6.54 Å². The quantitative estimate of drug-likeness (QED) is 0.253. The molecule has 162 valence electrons. The lowest BCUT2D eigenvalue weighted by molar-refractivity contribution is -0.384. The second-order valence-electron chi connectivity index (χ2n) is 7.00. The van der Waals surface area contributed by atoms with E-state index in [-0.39, 0.29) is 22.0 Å². The first-order chi connectivity index (χ1) is 14.6. The average Bonchev–Trinajstić information content (AvgIpc) is 3.06. The number of nitrogens with zero attached hydrogens (tertiary/aromatic N) is 3. The first-order valence-electron chi connectivity index (χ1n) is 9.23. The van der Waals surface area contributed by atoms with Gasteiger partial charge in [0.25, 0.3) is 11.6 Å². The molecule has 1 heterocycles. The molecular weight excluding hydrogens is 426 g/mol. The van der Waals surface area contributed by atoms with Crippen LogP contribution in [0.5, 0.6) is 0 Å². The maximum absolute atomic E-state index is 14.6. The van der Waals surface area contributed by atoms with Crippen molar-refractivity contribution in [1.82, 2.24) is 9.97 Å². The number of alkyl halides is 2. The number of hydrogen-bond acceptors (Lipinski definition) is 6. The van der Waals surface area contributed by atoms with Crippen LogP contribution in [0.25, 0.3) is 0 Å². The summed E-state index contributed by atoms with van der Waals surface area (Å²) in [6, 6.07) is 10.3. The maximum atomic E-state index is 14.6. The van der Waals surface area contributed by atoms with E-state index in [9.17, 15) is 24.0 Å². The van der Waals surface area contributed by atoms with Crippen LogP contribution in [-0.2, 0) is 5.92 Å². The summed E-state index contributed by atoms with van der Waals surface area (Å²) in [5.74, 6) is -3.72. The third kappa shape index (κ3) is 5.26. The number of benzene rings is 2. The van der Waals surface area contributed by atoms with E-state index in [0.717, 1.165) is 17.3 Å². The number of nitro benzene ring substituents is 1. The molecule has 1 N–H and O–H groups in total. The molecular formula is C21H19F2N4O3S-. The predicted molar refractivity (Wildman–Crippen MR) is 112 cm³/mol. The second-order valence-corrected chi connectivity index (χ2v) is 8.06. The lowest BCUT2D eigenvalue weighted by Gasteiger charge is -2.19. The number of halogens is 2. The van der Waals surface area contributed by atoms with Crippen molar-refractivity contribution < 1.29 is 18.8 Å². The van der Waals surface area contributed by atoms with E-state index in [1.54, 1.807) is 26.0 Å². The van der Waals surface area contributed by atoms with Crippen LogP contribution in [0.4, 0.5) is 14.5 Å². The molecule has 0 atom stereocenters. The van der Waals surface area contributed by atoms with Crippen molar-refractivity contribution in [2.24, 2.45) is 4.99 Å². The largest absolute Gasteiger partial charge is 0.857 e. The highest BCUT2D eigenvalue weighted by Crippen LogP contribution is 2.33. The lowest BCUT2D eigenvalue weighted by Crippen LogP contribution is -2.25. The summed E-state index contributed by atoms with van der Waals surface area (Å²) in [6.07, 6.45) is 0. The van der Waals surface area contributed by atoms with Gasteiger partial charge in [-0.05, 0) is 38.5 Å². The minimum Gasteiger partial charge on any atom is -0.857 e. The highest BCUT2D eigenvalue weighted by Gasteiger charge is 2.32. The number of nitrogens with one attached hydrogen (secondary N) is 1. The normalized spacial score (nSPS) is 12.2. The Hall–Kier alpha value is -3.27. The van der Waals surface area contributed by atoms with Gasteiger partial charge >= 0.3 is 0 Å². The number of aryl methyl sites for hydroxylation is 3. The van der Waals surface area contributed by atoms with E-state index in [1.807, 2.05) is 6.92 Å². The molecule has 0 aliphatic rings. The van der Waals surface area contributed by atoms with E-state index in [1.165, 1.54) is 30.3 Å². The van der Waals surface area contributed by atoms with Crippen LogP contribution in [0.1, 0.15) is 28.2 Å². The van der Waals surface area contributed by atoms with Crippen LogP contribution >= 0.6 is 11.8 Å². The fourth-order valence-corrected chi connectivity index (χ4v) is 3.91. The number of hydrogen-bond donors (Lipinski definition) is 1. The van der Waals surface area contributed by atoms with Gasteiger partial charge in [0, 0.05) is 28.5 Å². The Labute approximate surface area is 181 Å². The standard InChI is InChI=1S/C21H20F2N4O3S/c1-12-4-9-17(13(2)10-12)21(22,23)11-24-19(28)18-20(26-14(3)25-18)31-16-7-5-15(6-8-16)27(29)30/h4-10H,11H2,1-3H3,(H,24,28)(H,25,26)/p-1. The van der Waals surface area contributed by atoms with E-state index >= 15 is 0 Å². The third-order valence-corrected chi connectivity index (χ3v) is 5.46. The fourth-order valence-electron chi connectivity index (χ4n) is 3.00. The van der Waals surface area contributed by atoms with Gasteiger partial charge in [-0.15, -0.1) is 0 Å². The van der Waals surface area contributed by atoms with Crippen molar-refractivity contribution in [2.45, 2.75) is 36.6 Å². The zero-order valence-electron chi connectivity index (χ0n) is 17.0. The Morgan fingerprint density at radius 3 is 2.48 bits per heavy atom. The van der Waals surface area contributed by atoms with Crippen LogP contribution in [-0.4, -0.2) is 27.3 Å². The molecule has 0 aliphatic carbocycles. The number of aromatic nitrogens is 2. The van der Waals surface area contributed by atoms with Crippen molar-refractivity contribution >= 4 is 23.3 Å². The molecule has 10 heteroatoms. The molecule has 0 aliphatic heterocycles. The SMILES string of the molecule is Cc1ccc(C(F)(F)CN=C([O-])c2[nH]c(C)nc2Sc2ccc([N+](=O)[O-])cc2)c(C)c1. The van der Waals surface area contributed by atoms with Crippen LogP contribution in [0.3, 0.4) is 0 Å². The Morgan fingerprint density at radius 1 is 1.19 bits per heavy atom. The Balaban J connectivity index is 1.82. The molecule has 3 aromatic rings. The van der Waals surface area contributed by atoms with Gasteiger partial charge in [-0.3, -0.25) is 15.1 Å². The van der Waals surface area contributed by atoms with Gasteiger partial charge in [-0.25, -0.2) is 4.98 Å². The van der Waals surface area contributed by atoms with Gasteiger partial charge in [-0.2, -0.15) is 8.78 Å². The fraction of sp³-hybridized carbons (Fsp3) is 0.238. The highest BCUT2D eigenvalue weighted by atomic mass is 32.2. The van der Waals surface area contributed by atoms with Gasteiger partial charge in [-0.1, -0.05) is 35.5 Å². The van der Waals surface area contributed by atoms with E-state index < -0.39 is 23.3 Å². The van der Waals surface area contributed by atoms with Crippen molar-refractivity contribution in [3.63, 3.8) is 0 Å². The molecule has 0 unspecified atom stereocenters. The Bertz CT molecular complexity index is 1140. The number of imidazole rings is 1. The predicted octanol–water partition coefficient (Wildman–Crippen LogP) is 4.29. The Morgan fingerprint density at radius 2 is 1.87 bits per heavy atom. The molecule has 1 aromatic heterocycles. The van der Waals surface area contributed by atoms with Crippen molar-refractivity contribution in [1.29, 1.82) is 0 Å². The minimum atomic E-state index is -3.30. The van der Waals surface area contributed by atoms with Gasteiger partial charge in [0.05, 0.1) is 10.6 Å². The molecule has 0 fully saturated rings. The van der Waals surface area contributed by atoms with Gasteiger partial charge in [0.2, 0.25) is 0 Å². The van der Waals surface area contributed by atoms with Gasteiger partial charge < -0.3 is 10.1 Å². The number of H-pyrrole nitrogens is 1. The molecule has 0 radical (unpaired) electrons. The summed E-state index contributed by atoms with van der Waals surface area (Å²) in [5.41, 5.74) is 1.06. The zero-order valence-corrected chi connectivity index (χ0v) is 17.8. The maximum Gasteiger partial charge on any atom is 0.292 e. The van der Waals surface area contributed by atoms with Crippen molar-refractivity contribution in [3.8, 4) is 0 Å². The van der Waals surface area contributed by atoms with Crippen LogP contribution in [0, 0.1) is 30.9 Å². The average molecular weight is 445 g/mol. The number of rotatable bonds is 7. The summed E-state index contributed by atoms with van der Waals surface area (Å²) in [6.45, 7) is 4.04. The number of nitro groups is 1. The first kappa shape index (κ1) is 22.4. The van der Waals surface area contributed by atoms with Gasteiger partial charge in [0.1, 0.15) is 17.4 Å².